The highest BCUT2D eigenvalue weighted by Crippen LogP contribution is 2.22. The lowest BCUT2D eigenvalue weighted by atomic mass is 10.0. The fourth-order valence-corrected chi connectivity index (χ4v) is 1.88. The number of rotatable bonds is 3. The van der Waals surface area contributed by atoms with Gasteiger partial charge in [-0.1, -0.05) is 41.4 Å². The van der Waals surface area contributed by atoms with E-state index >= 15 is 0 Å². The zero-order valence-electron chi connectivity index (χ0n) is 9.60. The van der Waals surface area contributed by atoms with Gasteiger partial charge in [-0.25, -0.2) is 0 Å². The molecule has 1 unspecified atom stereocenters. The van der Waals surface area contributed by atoms with Crippen LogP contribution in [0.4, 0.5) is 0 Å². The molecule has 3 heteroatoms. The molecule has 2 rings (SSSR count). The maximum atomic E-state index is 10.1. The monoisotopic (exact) mass is 247 g/mol. The first kappa shape index (κ1) is 12.1. The predicted octanol–water partition coefficient (Wildman–Crippen LogP) is 3.32. The van der Waals surface area contributed by atoms with Crippen LogP contribution in [0, 0.1) is 6.92 Å². The fourth-order valence-electron chi connectivity index (χ4n) is 1.68. The molecular weight excluding hydrogens is 234 g/mol. The van der Waals surface area contributed by atoms with Crippen molar-refractivity contribution in [3.8, 4) is 0 Å². The quantitative estimate of drug-likeness (QED) is 0.903. The van der Waals surface area contributed by atoms with E-state index in [1.165, 1.54) is 5.56 Å². The molecule has 1 aromatic heterocycles. The van der Waals surface area contributed by atoms with E-state index in [0.717, 1.165) is 11.1 Å². The van der Waals surface area contributed by atoms with Crippen LogP contribution in [-0.2, 0) is 6.42 Å². The normalized spacial score (nSPS) is 12.4. The van der Waals surface area contributed by atoms with Gasteiger partial charge in [0.2, 0.25) is 0 Å². The van der Waals surface area contributed by atoms with Crippen molar-refractivity contribution in [3.05, 3.63) is 64.4 Å². The summed E-state index contributed by atoms with van der Waals surface area (Å²) in [6.07, 6.45) is 3.25. The molecule has 0 aliphatic carbocycles. The highest BCUT2D eigenvalue weighted by Gasteiger charge is 2.10. The van der Waals surface area contributed by atoms with Gasteiger partial charge in [-0.05, 0) is 24.1 Å². The first-order valence-electron chi connectivity index (χ1n) is 5.50. The zero-order valence-corrected chi connectivity index (χ0v) is 10.4. The van der Waals surface area contributed by atoms with Crippen LogP contribution < -0.4 is 0 Å². The van der Waals surface area contributed by atoms with Crippen molar-refractivity contribution in [2.45, 2.75) is 19.4 Å². The molecule has 0 radical (unpaired) electrons. The minimum absolute atomic E-state index is 0.504. The molecule has 0 bridgehead atoms. The third-order valence-electron chi connectivity index (χ3n) is 2.73. The number of hydrogen-bond donors (Lipinski definition) is 1. The van der Waals surface area contributed by atoms with Crippen molar-refractivity contribution in [1.29, 1.82) is 0 Å². The fraction of sp³-hybridized carbons (Fsp3) is 0.214. The van der Waals surface area contributed by atoms with E-state index in [1.54, 1.807) is 12.4 Å². The number of benzene rings is 1. The van der Waals surface area contributed by atoms with Gasteiger partial charge in [-0.3, -0.25) is 4.98 Å². The molecule has 2 aromatic rings. The Morgan fingerprint density at radius 1 is 1.24 bits per heavy atom. The molecule has 0 aliphatic heterocycles. The third kappa shape index (κ3) is 3.05. The molecule has 1 aromatic carbocycles. The Hall–Kier alpha value is -1.38. The second-order valence-electron chi connectivity index (χ2n) is 4.10. The summed E-state index contributed by atoms with van der Waals surface area (Å²) in [6.45, 7) is 2.02. The summed E-state index contributed by atoms with van der Waals surface area (Å²) in [7, 11) is 0. The van der Waals surface area contributed by atoms with Crippen molar-refractivity contribution in [2.24, 2.45) is 0 Å². The molecule has 0 saturated heterocycles. The van der Waals surface area contributed by atoms with Gasteiger partial charge in [0.15, 0.2) is 0 Å². The highest BCUT2D eigenvalue weighted by atomic mass is 35.5. The van der Waals surface area contributed by atoms with Crippen LogP contribution in [0.15, 0.2) is 42.7 Å². The Morgan fingerprint density at radius 2 is 1.94 bits per heavy atom. The van der Waals surface area contributed by atoms with Crippen LogP contribution in [0.1, 0.15) is 22.8 Å². The standard InChI is InChI=1S/C14H14ClNO/c1-10-2-4-11(5-3-10)14(17)8-12-6-7-16-9-13(12)15/h2-7,9,14,17H,8H2,1H3. The lowest BCUT2D eigenvalue weighted by Crippen LogP contribution is -2.02. The maximum absolute atomic E-state index is 10.1. The van der Waals surface area contributed by atoms with Crippen molar-refractivity contribution in [3.63, 3.8) is 0 Å². The van der Waals surface area contributed by atoms with Gasteiger partial charge < -0.3 is 5.11 Å². The smallest absolute Gasteiger partial charge is 0.0830 e. The number of aliphatic hydroxyl groups is 1. The summed E-state index contributed by atoms with van der Waals surface area (Å²) in [4.78, 5) is 3.92. The van der Waals surface area contributed by atoms with E-state index in [9.17, 15) is 5.11 Å². The maximum Gasteiger partial charge on any atom is 0.0830 e. The van der Waals surface area contributed by atoms with E-state index in [4.69, 9.17) is 11.6 Å². The van der Waals surface area contributed by atoms with Gasteiger partial charge in [0.25, 0.3) is 0 Å². The van der Waals surface area contributed by atoms with Crippen LogP contribution in [0.2, 0.25) is 5.02 Å². The largest absolute Gasteiger partial charge is 0.388 e. The summed E-state index contributed by atoms with van der Waals surface area (Å²) in [5, 5.41) is 10.7. The number of aryl methyl sites for hydroxylation is 1. The summed E-state index contributed by atoms with van der Waals surface area (Å²) >= 11 is 6.01. The minimum Gasteiger partial charge on any atom is -0.388 e. The Kier molecular flexibility index (Phi) is 3.77. The van der Waals surface area contributed by atoms with E-state index in [2.05, 4.69) is 4.98 Å². The molecule has 0 saturated carbocycles. The Morgan fingerprint density at radius 3 is 2.59 bits per heavy atom. The van der Waals surface area contributed by atoms with Crippen molar-refractivity contribution >= 4 is 11.6 Å². The van der Waals surface area contributed by atoms with E-state index < -0.39 is 6.10 Å². The van der Waals surface area contributed by atoms with Crippen LogP contribution in [-0.4, -0.2) is 10.1 Å². The molecule has 2 nitrogen and oxygen atoms in total. The molecule has 1 atom stereocenters. The van der Waals surface area contributed by atoms with Crippen LogP contribution >= 0.6 is 11.6 Å². The Labute approximate surface area is 106 Å². The van der Waals surface area contributed by atoms with Gasteiger partial charge in [-0.2, -0.15) is 0 Å². The number of aromatic nitrogens is 1. The molecule has 0 aliphatic rings. The molecule has 88 valence electrons. The summed E-state index contributed by atoms with van der Waals surface area (Å²) in [5.41, 5.74) is 3.00. The Bertz CT molecular complexity index is 496. The van der Waals surface area contributed by atoms with Gasteiger partial charge in [0, 0.05) is 18.8 Å². The van der Waals surface area contributed by atoms with Crippen LogP contribution in [0.25, 0.3) is 0 Å². The second-order valence-corrected chi connectivity index (χ2v) is 4.50. The van der Waals surface area contributed by atoms with Gasteiger partial charge in [0.05, 0.1) is 11.1 Å². The second kappa shape index (κ2) is 5.30. The summed E-state index contributed by atoms with van der Waals surface area (Å²) in [5.74, 6) is 0. The number of pyridine rings is 1. The topological polar surface area (TPSA) is 33.1 Å². The van der Waals surface area contributed by atoms with Crippen LogP contribution in [0.3, 0.4) is 0 Å². The average Bonchev–Trinajstić information content (AvgIpc) is 2.33. The van der Waals surface area contributed by atoms with E-state index in [-0.39, 0.29) is 0 Å². The SMILES string of the molecule is Cc1ccc(C(O)Cc2ccncc2Cl)cc1. The molecule has 17 heavy (non-hydrogen) atoms. The molecule has 1 heterocycles. The first-order valence-corrected chi connectivity index (χ1v) is 5.87. The predicted molar refractivity (Wildman–Crippen MR) is 69.1 cm³/mol. The van der Waals surface area contributed by atoms with Crippen LogP contribution in [0.5, 0.6) is 0 Å². The van der Waals surface area contributed by atoms with Gasteiger partial charge in [0.1, 0.15) is 0 Å². The van der Waals surface area contributed by atoms with Gasteiger partial charge in [-0.15, -0.1) is 0 Å². The van der Waals surface area contributed by atoms with Crippen molar-refractivity contribution < 1.29 is 5.11 Å². The van der Waals surface area contributed by atoms with E-state index in [1.807, 2.05) is 37.3 Å². The molecule has 0 spiro atoms. The molecular formula is C14H14ClNO. The zero-order chi connectivity index (χ0) is 12.3. The first-order chi connectivity index (χ1) is 8.16. The average molecular weight is 248 g/mol. The van der Waals surface area contributed by atoms with Gasteiger partial charge >= 0.3 is 0 Å². The number of aliphatic hydroxyl groups excluding tert-OH is 1. The van der Waals surface area contributed by atoms with Crippen molar-refractivity contribution in [1.82, 2.24) is 4.98 Å². The molecule has 0 fully saturated rings. The number of halogens is 1. The Balaban J connectivity index is 2.14. The lowest BCUT2D eigenvalue weighted by molar-refractivity contribution is 0.178. The number of hydrogen-bond acceptors (Lipinski definition) is 2. The third-order valence-corrected chi connectivity index (χ3v) is 3.07. The number of nitrogens with zero attached hydrogens (tertiary/aromatic N) is 1. The highest BCUT2D eigenvalue weighted by molar-refractivity contribution is 6.31. The summed E-state index contributed by atoms with van der Waals surface area (Å²) < 4.78 is 0. The molecule has 0 amide bonds. The minimum atomic E-state index is -0.532. The summed E-state index contributed by atoms with van der Waals surface area (Å²) in [6, 6.07) is 9.70. The van der Waals surface area contributed by atoms with Crippen molar-refractivity contribution in [2.75, 3.05) is 0 Å². The molecule has 1 N–H and O–H groups in total. The lowest BCUT2D eigenvalue weighted by Gasteiger charge is -2.12. The van der Waals surface area contributed by atoms with E-state index in [0.29, 0.717) is 11.4 Å².